The Hall–Kier alpha value is -5.70. The van der Waals surface area contributed by atoms with Crippen molar-refractivity contribution in [1.82, 2.24) is 0 Å². The van der Waals surface area contributed by atoms with E-state index in [0.717, 1.165) is 59.6 Å². The first-order valence-corrected chi connectivity index (χ1v) is 24.3. The zero-order valence-electron chi connectivity index (χ0n) is 41.1. The van der Waals surface area contributed by atoms with Crippen LogP contribution < -0.4 is 9.80 Å². The molecule has 0 aliphatic rings. The lowest BCUT2D eigenvalue weighted by molar-refractivity contribution is 0.590. The molecule has 0 fully saturated rings. The normalized spacial score (nSPS) is 11.7. The number of unbranched alkanes of at least 4 members (excludes halogenated alkanes) is 4. The van der Waals surface area contributed by atoms with E-state index < -0.39 is 0 Å². The van der Waals surface area contributed by atoms with E-state index >= 15 is 0 Å². The van der Waals surface area contributed by atoms with Crippen LogP contribution >= 0.6 is 0 Å². The van der Waals surface area contributed by atoms with Gasteiger partial charge in [0, 0.05) is 59.8 Å². The van der Waals surface area contributed by atoms with Crippen molar-refractivity contribution < 1.29 is 0 Å². The fraction of sp³-hybridized carbons (Fsp3) is 0.387. The lowest BCUT2D eigenvalue weighted by Crippen LogP contribution is -2.25. The lowest BCUT2D eigenvalue weighted by Gasteiger charge is -2.25. The maximum Gasteiger partial charge on any atom is 0.0372 e. The molecule has 2 heteroatoms. The van der Waals surface area contributed by atoms with Crippen LogP contribution in [0.25, 0.3) is 24.3 Å². The quantitative estimate of drug-likeness (QED) is 0.0640. The van der Waals surface area contributed by atoms with Crippen molar-refractivity contribution in [3.05, 3.63) is 165 Å². The van der Waals surface area contributed by atoms with Crippen LogP contribution in [0.5, 0.6) is 0 Å². The van der Waals surface area contributed by atoms with Crippen LogP contribution in [0.1, 0.15) is 176 Å². The maximum absolute atomic E-state index is 3.62. The highest BCUT2D eigenvalue weighted by Crippen LogP contribution is 2.27. The Bertz CT molecular complexity index is 2220. The summed E-state index contributed by atoms with van der Waals surface area (Å²) in [5.74, 6) is 14.3. The molecule has 5 aromatic carbocycles. The van der Waals surface area contributed by atoms with Gasteiger partial charge in [-0.3, -0.25) is 0 Å². The van der Waals surface area contributed by atoms with Gasteiger partial charge in [0.05, 0.1) is 0 Å². The van der Waals surface area contributed by atoms with E-state index in [1.54, 1.807) is 0 Å². The zero-order valence-corrected chi connectivity index (χ0v) is 41.1. The van der Waals surface area contributed by atoms with Gasteiger partial charge in [0.2, 0.25) is 0 Å². The van der Waals surface area contributed by atoms with Gasteiger partial charge in [0.15, 0.2) is 0 Å². The molecule has 0 radical (unpaired) electrons. The molecule has 0 aromatic heterocycles. The van der Waals surface area contributed by atoms with Gasteiger partial charge >= 0.3 is 0 Å². The van der Waals surface area contributed by atoms with E-state index in [1.165, 1.54) is 85.0 Å². The fourth-order valence-corrected chi connectivity index (χ4v) is 7.67. The Balaban J connectivity index is 1.64. The minimum atomic E-state index is 0.0831. The average Bonchev–Trinajstić information content (AvgIpc) is 3.29. The van der Waals surface area contributed by atoms with Gasteiger partial charge in [-0.25, -0.2) is 0 Å². The highest BCUT2D eigenvalue weighted by Gasteiger charge is 2.14. The van der Waals surface area contributed by atoms with Crippen molar-refractivity contribution in [3.8, 4) is 23.7 Å². The zero-order chi connectivity index (χ0) is 46.0. The second-order valence-electron chi connectivity index (χ2n) is 19.4. The van der Waals surface area contributed by atoms with Gasteiger partial charge in [-0.1, -0.05) is 191 Å². The molecule has 334 valence electrons. The lowest BCUT2D eigenvalue weighted by atomic mass is 9.87. The van der Waals surface area contributed by atoms with E-state index in [9.17, 15) is 0 Å². The average molecular weight is 849 g/mol. The third-order valence-corrected chi connectivity index (χ3v) is 11.9. The molecule has 0 heterocycles. The molecule has 0 spiro atoms. The van der Waals surface area contributed by atoms with Crippen molar-refractivity contribution in [3.63, 3.8) is 0 Å². The number of hydrogen-bond acceptors (Lipinski definition) is 2. The monoisotopic (exact) mass is 849 g/mol. The summed E-state index contributed by atoms with van der Waals surface area (Å²) in [6, 6.07) is 39.9. The summed E-state index contributed by atoms with van der Waals surface area (Å²) in [4.78, 5) is 5.11. The summed E-state index contributed by atoms with van der Waals surface area (Å²) in [5.41, 5.74) is 13.7. The van der Waals surface area contributed by atoms with Crippen molar-refractivity contribution in [2.24, 2.45) is 0 Å². The fourth-order valence-electron chi connectivity index (χ4n) is 7.67. The number of benzene rings is 5. The van der Waals surface area contributed by atoms with Crippen LogP contribution in [0, 0.1) is 23.7 Å². The van der Waals surface area contributed by atoms with Gasteiger partial charge in [0.25, 0.3) is 0 Å². The van der Waals surface area contributed by atoms with Crippen LogP contribution in [0.4, 0.5) is 11.4 Å². The standard InChI is InChI=1S/C62H76N2/c1-11-15-41-63(42-16-12-2)59-23-19-21-51(45-59)27-35-55-47-54(34-26-50-31-39-58(40-32-50)62(8,9)10)56(48-53(55)33-25-49-29-37-57(38-30-49)61(5,6)7)36-28-52-22-20-24-60(46-52)64(43-17-13-3)44-18-14-4/h19-24,27-32,35-40,45-48H,11-18,41-44H2,1-10H3/b35-27+,36-28+. The smallest absolute Gasteiger partial charge is 0.0372 e. The molecular formula is C62H76N2. The summed E-state index contributed by atoms with van der Waals surface area (Å²) < 4.78 is 0. The van der Waals surface area contributed by atoms with E-state index in [1.807, 2.05) is 0 Å². The Morgan fingerprint density at radius 3 is 1.06 bits per heavy atom. The Morgan fingerprint density at radius 1 is 0.406 bits per heavy atom. The summed E-state index contributed by atoms with van der Waals surface area (Å²) in [6.45, 7) is 26.9. The number of nitrogens with zero attached hydrogens (tertiary/aromatic N) is 2. The topological polar surface area (TPSA) is 6.48 Å². The SMILES string of the molecule is CCCCN(CCCC)c1cccc(/C=C/c2cc(C#Cc3ccc(C(C)(C)C)cc3)c(/C=C/c3cccc(N(CCCC)CCCC)c3)cc2C#Cc2ccc(C(C)(C)C)cc2)c1. The number of rotatable bonds is 18. The van der Waals surface area contributed by atoms with Crippen LogP contribution in [0.3, 0.4) is 0 Å². The minimum absolute atomic E-state index is 0.0831. The van der Waals surface area contributed by atoms with Gasteiger partial charge in [-0.05, 0) is 131 Å². The van der Waals surface area contributed by atoms with E-state index in [0.29, 0.717) is 0 Å². The van der Waals surface area contributed by atoms with Gasteiger partial charge in [0.1, 0.15) is 0 Å². The Kier molecular flexibility index (Phi) is 18.8. The Morgan fingerprint density at radius 2 is 0.750 bits per heavy atom. The molecule has 2 nitrogen and oxygen atoms in total. The van der Waals surface area contributed by atoms with Gasteiger partial charge in [-0.15, -0.1) is 0 Å². The van der Waals surface area contributed by atoms with Crippen LogP contribution in [0.15, 0.2) is 109 Å². The van der Waals surface area contributed by atoms with Crippen LogP contribution in [-0.2, 0) is 10.8 Å². The van der Waals surface area contributed by atoms with E-state index in [-0.39, 0.29) is 10.8 Å². The first-order chi connectivity index (χ1) is 30.8. The van der Waals surface area contributed by atoms with E-state index in [2.05, 4.69) is 236 Å². The molecule has 5 aromatic rings. The molecule has 0 atom stereocenters. The first-order valence-electron chi connectivity index (χ1n) is 24.3. The number of hydrogen-bond donors (Lipinski definition) is 0. The molecular weight excluding hydrogens is 773 g/mol. The van der Waals surface area contributed by atoms with Crippen LogP contribution in [-0.4, -0.2) is 26.2 Å². The largest absolute Gasteiger partial charge is 0.372 e. The molecule has 0 aliphatic heterocycles. The molecule has 0 bridgehead atoms. The molecule has 0 saturated carbocycles. The van der Waals surface area contributed by atoms with Crippen LogP contribution in [0.2, 0.25) is 0 Å². The molecule has 64 heavy (non-hydrogen) atoms. The first kappa shape index (κ1) is 49.3. The highest BCUT2D eigenvalue weighted by atomic mass is 15.1. The molecule has 0 amide bonds. The molecule has 0 unspecified atom stereocenters. The predicted octanol–water partition coefficient (Wildman–Crippen LogP) is 16.2. The predicted molar refractivity (Wildman–Crippen MR) is 283 cm³/mol. The Labute approximate surface area is 389 Å². The van der Waals surface area contributed by atoms with Crippen molar-refractivity contribution in [2.75, 3.05) is 36.0 Å². The summed E-state index contributed by atoms with van der Waals surface area (Å²) in [6.07, 6.45) is 18.5. The van der Waals surface area contributed by atoms with Gasteiger partial charge < -0.3 is 9.80 Å². The minimum Gasteiger partial charge on any atom is -0.372 e. The van der Waals surface area contributed by atoms with Crippen molar-refractivity contribution >= 4 is 35.7 Å². The second-order valence-corrected chi connectivity index (χ2v) is 19.4. The third-order valence-electron chi connectivity index (χ3n) is 11.9. The van der Waals surface area contributed by atoms with Crippen molar-refractivity contribution in [1.29, 1.82) is 0 Å². The third kappa shape index (κ3) is 15.2. The summed E-state index contributed by atoms with van der Waals surface area (Å²) in [5, 5.41) is 0. The molecule has 5 rings (SSSR count). The second kappa shape index (κ2) is 24.4. The maximum atomic E-state index is 3.62. The molecule has 0 aliphatic carbocycles. The molecule has 0 N–H and O–H groups in total. The van der Waals surface area contributed by atoms with Crippen molar-refractivity contribution in [2.45, 2.75) is 131 Å². The number of anilines is 2. The summed E-state index contributed by atoms with van der Waals surface area (Å²) in [7, 11) is 0. The van der Waals surface area contributed by atoms with Gasteiger partial charge in [-0.2, -0.15) is 0 Å². The summed E-state index contributed by atoms with van der Waals surface area (Å²) >= 11 is 0. The molecule has 0 saturated heterocycles. The highest BCUT2D eigenvalue weighted by molar-refractivity contribution is 5.80. The van der Waals surface area contributed by atoms with E-state index in [4.69, 9.17) is 0 Å².